The molecule has 0 aliphatic rings. The van der Waals surface area contributed by atoms with Gasteiger partial charge in [-0.3, -0.25) is 9.78 Å². The van der Waals surface area contributed by atoms with Gasteiger partial charge in [0.15, 0.2) is 5.75 Å². The SMILES string of the molecule is Nc1cccc(C(=O)Nc2cnccc2Cl)c1O. The molecule has 0 unspecified atom stereocenters. The number of halogens is 1. The number of para-hydroxylation sites is 1. The van der Waals surface area contributed by atoms with E-state index in [9.17, 15) is 9.90 Å². The number of hydrogen-bond acceptors (Lipinski definition) is 4. The number of carbonyl (C=O) groups excluding carboxylic acids is 1. The van der Waals surface area contributed by atoms with Crippen LogP contribution < -0.4 is 11.1 Å². The number of rotatable bonds is 2. The molecule has 0 saturated carbocycles. The first-order chi connectivity index (χ1) is 8.59. The molecule has 0 bridgehead atoms. The Morgan fingerprint density at radius 1 is 1.39 bits per heavy atom. The molecule has 1 amide bonds. The molecule has 0 saturated heterocycles. The number of nitrogens with one attached hydrogen (secondary N) is 1. The van der Waals surface area contributed by atoms with Gasteiger partial charge in [-0.05, 0) is 18.2 Å². The normalized spacial score (nSPS) is 10.1. The Morgan fingerprint density at radius 2 is 2.17 bits per heavy atom. The Labute approximate surface area is 108 Å². The van der Waals surface area contributed by atoms with E-state index in [1.807, 2.05) is 0 Å². The van der Waals surface area contributed by atoms with Crippen LogP contribution in [-0.4, -0.2) is 16.0 Å². The van der Waals surface area contributed by atoms with Crippen LogP contribution in [0.2, 0.25) is 5.02 Å². The number of pyridine rings is 1. The minimum atomic E-state index is -0.505. The fourth-order valence-electron chi connectivity index (χ4n) is 1.40. The Hall–Kier alpha value is -2.27. The van der Waals surface area contributed by atoms with Gasteiger partial charge in [-0.2, -0.15) is 0 Å². The molecule has 0 aliphatic heterocycles. The first-order valence-electron chi connectivity index (χ1n) is 5.08. The summed E-state index contributed by atoms with van der Waals surface area (Å²) in [5.41, 5.74) is 6.10. The molecular formula is C12H10ClN3O2. The van der Waals surface area contributed by atoms with Crippen molar-refractivity contribution in [3.8, 4) is 5.75 Å². The van der Waals surface area contributed by atoms with Gasteiger partial charge in [-0.1, -0.05) is 17.7 Å². The van der Waals surface area contributed by atoms with Crippen molar-refractivity contribution >= 4 is 28.9 Å². The third kappa shape index (κ3) is 2.36. The third-order valence-electron chi connectivity index (χ3n) is 2.33. The van der Waals surface area contributed by atoms with E-state index >= 15 is 0 Å². The van der Waals surface area contributed by atoms with Crippen LogP contribution in [0.4, 0.5) is 11.4 Å². The lowest BCUT2D eigenvalue weighted by Crippen LogP contribution is -2.13. The highest BCUT2D eigenvalue weighted by Gasteiger charge is 2.14. The number of amides is 1. The number of nitrogens with two attached hydrogens (primary N) is 1. The number of nitrogen functional groups attached to an aromatic ring is 1. The van der Waals surface area contributed by atoms with Crippen LogP contribution in [0.25, 0.3) is 0 Å². The van der Waals surface area contributed by atoms with Gasteiger partial charge in [0.05, 0.1) is 28.2 Å². The Morgan fingerprint density at radius 3 is 2.89 bits per heavy atom. The van der Waals surface area contributed by atoms with E-state index < -0.39 is 5.91 Å². The van der Waals surface area contributed by atoms with E-state index in [0.29, 0.717) is 10.7 Å². The van der Waals surface area contributed by atoms with Gasteiger partial charge in [-0.25, -0.2) is 0 Å². The third-order valence-corrected chi connectivity index (χ3v) is 2.66. The van der Waals surface area contributed by atoms with Gasteiger partial charge in [0.1, 0.15) is 0 Å². The summed E-state index contributed by atoms with van der Waals surface area (Å²) in [6, 6.07) is 6.10. The van der Waals surface area contributed by atoms with E-state index in [1.165, 1.54) is 24.5 Å². The lowest BCUT2D eigenvalue weighted by atomic mass is 10.1. The number of phenols is 1. The zero-order valence-corrected chi connectivity index (χ0v) is 9.98. The molecule has 1 heterocycles. The van der Waals surface area contributed by atoms with Crippen LogP contribution in [0.1, 0.15) is 10.4 Å². The Bertz CT molecular complexity index is 602. The number of hydrogen-bond donors (Lipinski definition) is 3. The highest BCUT2D eigenvalue weighted by molar-refractivity contribution is 6.33. The molecule has 4 N–H and O–H groups in total. The summed E-state index contributed by atoms with van der Waals surface area (Å²) in [6.45, 7) is 0. The molecule has 92 valence electrons. The summed E-state index contributed by atoms with van der Waals surface area (Å²) in [7, 11) is 0. The largest absolute Gasteiger partial charge is 0.505 e. The van der Waals surface area contributed by atoms with Crippen molar-refractivity contribution in [1.82, 2.24) is 4.98 Å². The van der Waals surface area contributed by atoms with Crippen LogP contribution in [0.5, 0.6) is 5.75 Å². The average Bonchev–Trinajstić information content (AvgIpc) is 2.35. The van der Waals surface area contributed by atoms with E-state index in [-0.39, 0.29) is 17.0 Å². The predicted octanol–water partition coefficient (Wildman–Crippen LogP) is 2.28. The van der Waals surface area contributed by atoms with Gasteiger partial charge in [-0.15, -0.1) is 0 Å². The second-order valence-electron chi connectivity index (χ2n) is 3.55. The average molecular weight is 264 g/mol. The Balaban J connectivity index is 2.28. The lowest BCUT2D eigenvalue weighted by Gasteiger charge is -2.08. The number of anilines is 2. The van der Waals surface area contributed by atoms with Crippen molar-refractivity contribution in [2.75, 3.05) is 11.1 Å². The fourth-order valence-corrected chi connectivity index (χ4v) is 1.56. The molecule has 0 aliphatic carbocycles. The molecule has 18 heavy (non-hydrogen) atoms. The molecule has 5 nitrogen and oxygen atoms in total. The zero-order valence-electron chi connectivity index (χ0n) is 9.22. The van der Waals surface area contributed by atoms with Crippen molar-refractivity contribution in [2.45, 2.75) is 0 Å². The highest BCUT2D eigenvalue weighted by atomic mass is 35.5. The maximum absolute atomic E-state index is 11.9. The van der Waals surface area contributed by atoms with Crippen molar-refractivity contribution in [1.29, 1.82) is 0 Å². The lowest BCUT2D eigenvalue weighted by molar-refractivity contribution is 0.102. The van der Waals surface area contributed by atoms with Gasteiger partial charge in [0, 0.05) is 6.20 Å². The molecule has 2 rings (SSSR count). The van der Waals surface area contributed by atoms with Gasteiger partial charge < -0.3 is 16.2 Å². The van der Waals surface area contributed by atoms with E-state index in [1.54, 1.807) is 12.1 Å². The monoisotopic (exact) mass is 263 g/mol. The quantitative estimate of drug-likeness (QED) is 0.573. The molecule has 0 atom stereocenters. The smallest absolute Gasteiger partial charge is 0.259 e. The standard InChI is InChI=1S/C12H10ClN3O2/c13-8-4-5-15-6-10(8)16-12(18)7-2-1-3-9(14)11(7)17/h1-6,17H,14H2,(H,16,18). The van der Waals surface area contributed by atoms with Crippen LogP contribution in [-0.2, 0) is 0 Å². The van der Waals surface area contributed by atoms with Crippen LogP contribution in [0.15, 0.2) is 36.7 Å². The van der Waals surface area contributed by atoms with Crippen molar-refractivity contribution in [3.63, 3.8) is 0 Å². The van der Waals surface area contributed by atoms with E-state index in [4.69, 9.17) is 17.3 Å². The molecule has 1 aromatic heterocycles. The van der Waals surface area contributed by atoms with Gasteiger partial charge >= 0.3 is 0 Å². The zero-order chi connectivity index (χ0) is 13.1. The summed E-state index contributed by atoms with van der Waals surface area (Å²) >= 11 is 5.88. The van der Waals surface area contributed by atoms with E-state index in [2.05, 4.69) is 10.3 Å². The van der Waals surface area contributed by atoms with Crippen molar-refractivity contribution in [2.24, 2.45) is 0 Å². The minimum Gasteiger partial charge on any atom is -0.505 e. The summed E-state index contributed by atoms with van der Waals surface area (Å²) in [5.74, 6) is -0.760. The number of nitrogens with zero attached hydrogens (tertiary/aromatic N) is 1. The predicted molar refractivity (Wildman–Crippen MR) is 69.7 cm³/mol. The van der Waals surface area contributed by atoms with Crippen LogP contribution in [0, 0.1) is 0 Å². The number of carbonyl (C=O) groups is 1. The van der Waals surface area contributed by atoms with Gasteiger partial charge in [0.25, 0.3) is 5.91 Å². The summed E-state index contributed by atoms with van der Waals surface area (Å²) in [4.78, 5) is 15.8. The molecule has 0 radical (unpaired) electrons. The molecule has 0 spiro atoms. The number of benzene rings is 1. The number of aromatic hydroxyl groups is 1. The van der Waals surface area contributed by atoms with Crippen LogP contribution in [0.3, 0.4) is 0 Å². The highest BCUT2D eigenvalue weighted by Crippen LogP contribution is 2.26. The summed E-state index contributed by atoms with van der Waals surface area (Å²) in [6.07, 6.45) is 2.93. The first kappa shape index (κ1) is 12.2. The summed E-state index contributed by atoms with van der Waals surface area (Å²) < 4.78 is 0. The summed E-state index contributed by atoms with van der Waals surface area (Å²) in [5, 5.41) is 12.6. The number of phenolic OH excluding ortho intramolecular Hbond substituents is 1. The van der Waals surface area contributed by atoms with Gasteiger partial charge in [0.2, 0.25) is 0 Å². The molecule has 6 heteroatoms. The number of aromatic nitrogens is 1. The maximum Gasteiger partial charge on any atom is 0.259 e. The van der Waals surface area contributed by atoms with Crippen LogP contribution >= 0.6 is 11.6 Å². The molecule has 0 fully saturated rings. The first-order valence-corrected chi connectivity index (χ1v) is 5.45. The topological polar surface area (TPSA) is 88.2 Å². The van der Waals surface area contributed by atoms with Crippen molar-refractivity contribution in [3.05, 3.63) is 47.2 Å². The molecule has 1 aromatic carbocycles. The maximum atomic E-state index is 11.9. The molecular weight excluding hydrogens is 254 g/mol. The molecule has 2 aromatic rings. The second-order valence-corrected chi connectivity index (χ2v) is 3.96. The fraction of sp³-hybridized carbons (Fsp3) is 0. The Kier molecular flexibility index (Phi) is 3.34. The van der Waals surface area contributed by atoms with Crippen molar-refractivity contribution < 1.29 is 9.90 Å². The second kappa shape index (κ2) is 4.93. The minimum absolute atomic E-state index is 0.0786. The van der Waals surface area contributed by atoms with E-state index in [0.717, 1.165) is 0 Å².